The summed E-state index contributed by atoms with van der Waals surface area (Å²) in [5.74, 6) is 0. The number of aromatic amines is 1. The number of hydrogen-bond donors (Lipinski definition) is 3. The Hall–Kier alpha value is -1.86. The van der Waals surface area contributed by atoms with E-state index in [1.807, 2.05) is 19.1 Å². The first-order valence-electron chi connectivity index (χ1n) is 6.76. The lowest BCUT2D eigenvalue weighted by Gasteiger charge is -2.14. The van der Waals surface area contributed by atoms with Gasteiger partial charge in [0, 0.05) is 24.1 Å². The van der Waals surface area contributed by atoms with Crippen LogP contribution >= 0.6 is 0 Å². The number of hydrogen-bond acceptors (Lipinski definition) is 4. The third-order valence-electron chi connectivity index (χ3n) is 3.12. The first-order valence-corrected chi connectivity index (χ1v) is 8.24. The van der Waals surface area contributed by atoms with Crippen LogP contribution < -0.4 is 10.0 Å². The number of aryl methyl sites for hydroxylation is 2. The van der Waals surface area contributed by atoms with Crippen LogP contribution in [0.4, 0.5) is 5.69 Å². The lowest BCUT2D eigenvalue weighted by Crippen LogP contribution is -2.25. The molecule has 1 aromatic carbocycles. The molecule has 7 heteroatoms. The fourth-order valence-electron chi connectivity index (χ4n) is 2.31. The summed E-state index contributed by atoms with van der Waals surface area (Å²) in [6.45, 7) is 6.59. The molecule has 0 saturated heterocycles. The molecule has 2 aromatic rings. The van der Waals surface area contributed by atoms with E-state index < -0.39 is 10.0 Å². The van der Waals surface area contributed by atoms with E-state index >= 15 is 0 Å². The average Bonchev–Trinajstić information content (AvgIpc) is 2.88. The molecule has 0 bridgehead atoms. The number of sulfonamides is 1. The zero-order chi connectivity index (χ0) is 15.5. The summed E-state index contributed by atoms with van der Waals surface area (Å²) < 4.78 is 27.5. The van der Waals surface area contributed by atoms with Gasteiger partial charge in [0.15, 0.2) is 0 Å². The van der Waals surface area contributed by atoms with E-state index in [2.05, 4.69) is 20.0 Å². The van der Waals surface area contributed by atoms with Crippen LogP contribution in [0.15, 0.2) is 29.6 Å². The number of nitrogens with zero attached hydrogens (tertiary/aromatic N) is 1. The van der Waals surface area contributed by atoms with Crippen molar-refractivity contribution in [3.63, 3.8) is 0 Å². The maximum Gasteiger partial charge on any atom is 0.241 e. The van der Waals surface area contributed by atoms with Gasteiger partial charge in [-0.3, -0.25) is 0 Å². The minimum atomic E-state index is -3.55. The van der Waals surface area contributed by atoms with Gasteiger partial charge >= 0.3 is 0 Å². The monoisotopic (exact) mass is 308 g/mol. The lowest BCUT2D eigenvalue weighted by molar-refractivity contribution is 0.579. The molecule has 0 amide bonds. The Labute approximate surface area is 125 Å². The third kappa shape index (κ3) is 3.62. The molecule has 1 heterocycles. The predicted molar refractivity (Wildman–Crippen MR) is 82.7 cm³/mol. The number of anilines is 1. The van der Waals surface area contributed by atoms with Gasteiger partial charge in [-0.25, -0.2) is 18.1 Å². The Morgan fingerprint density at radius 1 is 1.24 bits per heavy atom. The van der Waals surface area contributed by atoms with Crippen LogP contribution in [0.2, 0.25) is 0 Å². The molecule has 0 radical (unpaired) electrons. The second-order valence-corrected chi connectivity index (χ2v) is 6.57. The maximum absolute atomic E-state index is 12.5. The summed E-state index contributed by atoms with van der Waals surface area (Å²) >= 11 is 0. The molecule has 2 rings (SSSR count). The zero-order valence-electron chi connectivity index (χ0n) is 12.4. The maximum atomic E-state index is 12.5. The smallest absolute Gasteiger partial charge is 0.241 e. The zero-order valence-corrected chi connectivity index (χ0v) is 13.2. The molecule has 21 heavy (non-hydrogen) atoms. The van der Waals surface area contributed by atoms with Gasteiger partial charge < -0.3 is 10.3 Å². The lowest BCUT2D eigenvalue weighted by atomic mass is 10.1. The summed E-state index contributed by atoms with van der Waals surface area (Å²) in [5.41, 5.74) is 3.10. The van der Waals surface area contributed by atoms with E-state index in [1.54, 1.807) is 20.0 Å². The molecule has 0 saturated carbocycles. The average molecular weight is 308 g/mol. The van der Waals surface area contributed by atoms with Crippen molar-refractivity contribution in [3.8, 4) is 0 Å². The molecule has 0 unspecified atom stereocenters. The molecule has 0 atom stereocenters. The highest BCUT2D eigenvalue weighted by Gasteiger charge is 2.20. The van der Waals surface area contributed by atoms with Crippen molar-refractivity contribution < 1.29 is 8.42 Å². The Morgan fingerprint density at radius 2 is 1.90 bits per heavy atom. The van der Waals surface area contributed by atoms with Crippen molar-refractivity contribution in [1.29, 1.82) is 0 Å². The summed E-state index contributed by atoms with van der Waals surface area (Å²) in [6.07, 6.45) is 3.11. The highest BCUT2D eigenvalue weighted by Crippen LogP contribution is 2.24. The van der Waals surface area contributed by atoms with Gasteiger partial charge in [0.1, 0.15) is 0 Å². The van der Waals surface area contributed by atoms with Crippen molar-refractivity contribution >= 4 is 15.7 Å². The molecule has 0 aliphatic heterocycles. The Balaban J connectivity index is 2.27. The standard InChI is InChI=1S/C14H20N4O2S/c1-4-16-12-5-10(2)14(11(3)6-12)21(19,20)18-8-13-7-15-9-17-13/h5-7,9,16,18H,4,8H2,1-3H3,(H,15,17). The van der Waals surface area contributed by atoms with Crippen LogP contribution in [0.3, 0.4) is 0 Å². The van der Waals surface area contributed by atoms with Gasteiger partial charge in [0.25, 0.3) is 0 Å². The van der Waals surface area contributed by atoms with Crippen molar-refractivity contribution in [3.05, 3.63) is 41.5 Å². The van der Waals surface area contributed by atoms with Gasteiger partial charge in [-0.05, 0) is 44.0 Å². The van der Waals surface area contributed by atoms with Gasteiger partial charge in [-0.1, -0.05) is 0 Å². The fraction of sp³-hybridized carbons (Fsp3) is 0.357. The minimum Gasteiger partial charge on any atom is -0.385 e. The van der Waals surface area contributed by atoms with E-state index in [0.29, 0.717) is 4.90 Å². The number of imidazole rings is 1. The SMILES string of the molecule is CCNc1cc(C)c(S(=O)(=O)NCc2cnc[nH]2)c(C)c1. The third-order valence-corrected chi connectivity index (χ3v) is 4.82. The largest absolute Gasteiger partial charge is 0.385 e. The Kier molecular flexibility index (Phi) is 4.64. The van der Waals surface area contributed by atoms with Crippen LogP contribution in [-0.2, 0) is 16.6 Å². The van der Waals surface area contributed by atoms with Crippen LogP contribution in [0, 0.1) is 13.8 Å². The minimum absolute atomic E-state index is 0.191. The second kappa shape index (κ2) is 6.28. The van der Waals surface area contributed by atoms with Crippen molar-refractivity contribution in [2.24, 2.45) is 0 Å². The number of rotatable bonds is 6. The molecule has 3 N–H and O–H groups in total. The van der Waals surface area contributed by atoms with Crippen molar-refractivity contribution in [1.82, 2.24) is 14.7 Å². The molecular weight excluding hydrogens is 288 g/mol. The van der Waals surface area contributed by atoms with Gasteiger partial charge in [0.05, 0.1) is 17.8 Å². The van der Waals surface area contributed by atoms with E-state index in [-0.39, 0.29) is 6.54 Å². The van der Waals surface area contributed by atoms with Crippen LogP contribution in [0.5, 0.6) is 0 Å². The van der Waals surface area contributed by atoms with Gasteiger partial charge in [-0.15, -0.1) is 0 Å². The summed E-state index contributed by atoms with van der Waals surface area (Å²) in [7, 11) is -3.55. The molecule has 6 nitrogen and oxygen atoms in total. The first-order chi connectivity index (χ1) is 9.94. The fourth-order valence-corrected chi connectivity index (χ4v) is 3.76. The van der Waals surface area contributed by atoms with Crippen LogP contribution in [-0.4, -0.2) is 24.9 Å². The van der Waals surface area contributed by atoms with Crippen LogP contribution in [0.1, 0.15) is 23.7 Å². The normalized spacial score (nSPS) is 11.6. The highest BCUT2D eigenvalue weighted by atomic mass is 32.2. The van der Waals surface area contributed by atoms with E-state index in [4.69, 9.17) is 0 Å². The molecule has 0 aliphatic rings. The topological polar surface area (TPSA) is 86.9 Å². The van der Waals surface area contributed by atoms with E-state index in [1.165, 1.54) is 6.33 Å². The van der Waals surface area contributed by atoms with Crippen molar-refractivity contribution in [2.45, 2.75) is 32.2 Å². The van der Waals surface area contributed by atoms with Gasteiger partial charge in [0.2, 0.25) is 10.0 Å². The number of H-pyrrole nitrogens is 1. The number of aromatic nitrogens is 2. The summed E-state index contributed by atoms with van der Waals surface area (Å²) in [6, 6.07) is 3.70. The second-order valence-electron chi connectivity index (χ2n) is 4.87. The Bertz CT molecular complexity index is 686. The highest BCUT2D eigenvalue weighted by molar-refractivity contribution is 7.89. The van der Waals surface area contributed by atoms with Gasteiger partial charge in [-0.2, -0.15) is 0 Å². The molecule has 1 aromatic heterocycles. The van der Waals surface area contributed by atoms with Crippen molar-refractivity contribution in [2.75, 3.05) is 11.9 Å². The number of nitrogens with one attached hydrogen (secondary N) is 3. The summed E-state index contributed by atoms with van der Waals surface area (Å²) in [4.78, 5) is 7.07. The van der Waals surface area contributed by atoms with Crippen LogP contribution in [0.25, 0.3) is 0 Å². The number of benzene rings is 1. The van der Waals surface area contributed by atoms with E-state index in [0.717, 1.165) is 29.1 Å². The summed E-state index contributed by atoms with van der Waals surface area (Å²) in [5, 5.41) is 3.19. The first kappa shape index (κ1) is 15.5. The molecule has 0 aliphatic carbocycles. The predicted octanol–water partition coefficient (Wildman–Crippen LogP) is 1.94. The van der Waals surface area contributed by atoms with E-state index in [9.17, 15) is 8.42 Å². The Morgan fingerprint density at radius 3 is 2.43 bits per heavy atom. The molecule has 0 spiro atoms. The molecular formula is C14H20N4O2S. The molecule has 114 valence electrons. The quantitative estimate of drug-likeness (QED) is 0.761. The molecule has 0 fully saturated rings.